The number of carbonyl (C=O) groups is 2. The van der Waals surface area contributed by atoms with Gasteiger partial charge in [-0.2, -0.15) is 12.6 Å². The summed E-state index contributed by atoms with van der Waals surface area (Å²) in [6.07, 6.45) is 6.70. The SMILES string of the molecule is CCOC(=O)C1CCCN(C/C=C2\CN(C(C(=O)C3CC3)c3ccccc3F)CCC2S)C1.Cl.Cl. The van der Waals surface area contributed by atoms with E-state index in [2.05, 4.69) is 15.9 Å². The maximum atomic E-state index is 14.7. The van der Waals surface area contributed by atoms with Crippen molar-refractivity contribution >= 4 is 49.2 Å². The number of hydrogen-bond donors (Lipinski definition) is 1. The monoisotopic (exact) mass is 546 g/mol. The fourth-order valence-corrected chi connectivity index (χ4v) is 5.35. The van der Waals surface area contributed by atoms with Crippen LogP contribution in [0.25, 0.3) is 0 Å². The van der Waals surface area contributed by atoms with Crippen LogP contribution >= 0.6 is 37.4 Å². The van der Waals surface area contributed by atoms with Crippen LogP contribution in [0.15, 0.2) is 35.9 Å². The lowest BCUT2D eigenvalue weighted by Crippen LogP contribution is -2.43. The van der Waals surface area contributed by atoms with Gasteiger partial charge in [0.2, 0.25) is 0 Å². The normalized spacial score (nSPS) is 25.3. The molecule has 1 saturated carbocycles. The lowest BCUT2D eigenvalue weighted by Gasteiger charge is -2.38. The summed E-state index contributed by atoms with van der Waals surface area (Å²) in [4.78, 5) is 29.8. The number of carbonyl (C=O) groups excluding carboxylic acids is 2. The predicted octanol–water partition coefficient (Wildman–Crippen LogP) is 4.90. The van der Waals surface area contributed by atoms with Crippen LogP contribution in [0.3, 0.4) is 0 Å². The van der Waals surface area contributed by atoms with Crippen molar-refractivity contribution in [3.05, 3.63) is 47.3 Å². The van der Waals surface area contributed by atoms with Gasteiger partial charge in [-0.05, 0) is 57.2 Å². The maximum Gasteiger partial charge on any atom is 0.310 e. The number of hydrogen-bond acceptors (Lipinski definition) is 6. The molecule has 196 valence electrons. The third kappa shape index (κ3) is 7.68. The number of rotatable bonds is 8. The summed E-state index contributed by atoms with van der Waals surface area (Å²) in [6, 6.07) is 6.14. The van der Waals surface area contributed by atoms with Gasteiger partial charge in [-0.1, -0.05) is 24.3 Å². The van der Waals surface area contributed by atoms with E-state index in [4.69, 9.17) is 17.4 Å². The highest BCUT2D eigenvalue weighted by Gasteiger charge is 2.40. The molecule has 2 heterocycles. The number of ketones is 1. The van der Waals surface area contributed by atoms with E-state index in [1.54, 1.807) is 12.1 Å². The van der Waals surface area contributed by atoms with E-state index in [-0.39, 0.29) is 59.5 Å². The Balaban J connectivity index is 0.00000216. The van der Waals surface area contributed by atoms with E-state index < -0.39 is 6.04 Å². The molecule has 0 aromatic heterocycles. The van der Waals surface area contributed by atoms with Gasteiger partial charge in [0, 0.05) is 42.9 Å². The lowest BCUT2D eigenvalue weighted by molar-refractivity contribution is -0.149. The molecule has 9 heteroatoms. The van der Waals surface area contributed by atoms with Crippen molar-refractivity contribution in [1.82, 2.24) is 9.80 Å². The summed E-state index contributed by atoms with van der Waals surface area (Å²) >= 11 is 4.81. The fourth-order valence-electron chi connectivity index (χ4n) is 5.05. The van der Waals surface area contributed by atoms with Gasteiger partial charge in [0.15, 0.2) is 5.78 Å². The number of benzene rings is 1. The van der Waals surface area contributed by atoms with Crippen LogP contribution in [0.4, 0.5) is 4.39 Å². The zero-order valence-electron chi connectivity index (χ0n) is 20.2. The minimum atomic E-state index is -0.536. The summed E-state index contributed by atoms with van der Waals surface area (Å²) in [5.74, 6) is -0.270. The molecular formula is C26H37Cl2FN2O3S. The molecule has 1 aliphatic carbocycles. The molecule has 2 saturated heterocycles. The first-order valence-corrected chi connectivity index (χ1v) is 12.8. The molecular weight excluding hydrogens is 510 g/mol. The Kier molecular flexibility index (Phi) is 12.0. The summed E-state index contributed by atoms with van der Waals surface area (Å²) in [6.45, 7) is 6.00. The van der Waals surface area contributed by atoms with Gasteiger partial charge >= 0.3 is 5.97 Å². The van der Waals surface area contributed by atoms with Crippen molar-refractivity contribution in [2.45, 2.75) is 50.3 Å². The molecule has 2 aliphatic heterocycles. The summed E-state index contributed by atoms with van der Waals surface area (Å²) in [5, 5.41) is 0.129. The van der Waals surface area contributed by atoms with Crippen LogP contribution in [0.2, 0.25) is 0 Å². The Hall–Kier alpha value is -1.12. The predicted molar refractivity (Wildman–Crippen MR) is 144 cm³/mol. The number of piperidine rings is 2. The molecule has 0 bridgehead atoms. The van der Waals surface area contributed by atoms with E-state index in [9.17, 15) is 14.0 Å². The Labute approximate surface area is 226 Å². The van der Waals surface area contributed by atoms with E-state index >= 15 is 0 Å². The van der Waals surface area contributed by atoms with Crippen LogP contribution in [0.1, 0.15) is 50.6 Å². The van der Waals surface area contributed by atoms with E-state index in [1.165, 1.54) is 11.6 Å². The Bertz CT molecular complexity index is 899. The summed E-state index contributed by atoms with van der Waals surface area (Å²) < 4.78 is 19.9. The number of ether oxygens (including phenoxy) is 1. The molecule has 3 unspecified atom stereocenters. The van der Waals surface area contributed by atoms with Crippen molar-refractivity contribution in [3.63, 3.8) is 0 Å². The third-order valence-electron chi connectivity index (χ3n) is 7.05. The summed E-state index contributed by atoms with van der Waals surface area (Å²) in [7, 11) is 0. The zero-order valence-corrected chi connectivity index (χ0v) is 22.8. The summed E-state index contributed by atoms with van der Waals surface area (Å²) in [5.41, 5.74) is 1.66. The van der Waals surface area contributed by atoms with Crippen molar-refractivity contribution in [3.8, 4) is 0 Å². The first kappa shape index (κ1) is 30.1. The molecule has 4 rings (SSSR count). The Morgan fingerprint density at radius 2 is 1.89 bits per heavy atom. The fraction of sp³-hybridized carbons (Fsp3) is 0.615. The van der Waals surface area contributed by atoms with Crippen LogP contribution in [0, 0.1) is 17.7 Å². The van der Waals surface area contributed by atoms with Gasteiger partial charge < -0.3 is 4.74 Å². The van der Waals surface area contributed by atoms with Crippen molar-refractivity contribution in [2.75, 3.05) is 39.3 Å². The van der Waals surface area contributed by atoms with Gasteiger partial charge in [-0.15, -0.1) is 24.8 Å². The molecule has 35 heavy (non-hydrogen) atoms. The quantitative estimate of drug-likeness (QED) is 0.285. The van der Waals surface area contributed by atoms with Crippen LogP contribution in [-0.4, -0.2) is 66.1 Å². The van der Waals surface area contributed by atoms with Crippen molar-refractivity contribution in [1.29, 1.82) is 0 Å². The number of Topliss-reactive ketones (excluding diaryl/α,β-unsaturated/α-hetero) is 1. The zero-order chi connectivity index (χ0) is 23.4. The van der Waals surface area contributed by atoms with Gasteiger partial charge in [0.05, 0.1) is 18.6 Å². The highest BCUT2D eigenvalue weighted by atomic mass is 35.5. The molecule has 1 aromatic rings. The first-order valence-electron chi connectivity index (χ1n) is 12.3. The van der Waals surface area contributed by atoms with Crippen LogP contribution in [-0.2, 0) is 14.3 Å². The molecule has 1 aromatic carbocycles. The first-order chi connectivity index (χ1) is 16.0. The molecule has 0 spiro atoms. The highest BCUT2D eigenvalue weighted by molar-refractivity contribution is 7.81. The van der Waals surface area contributed by atoms with Gasteiger partial charge in [0.1, 0.15) is 5.82 Å². The molecule has 3 fully saturated rings. The van der Waals surface area contributed by atoms with Crippen molar-refractivity contribution in [2.24, 2.45) is 11.8 Å². The highest BCUT2D eigenvalue weighted by Crippen LogP contribution is 2.39. The van der Waals surface area contributed by atoms with Crippen LogP contribution < -0.4 is 0 Å². The second-order valence-electron chi connectivity index (χ2n) is 9.51. The van der Waals surface area contributed by atoms with E-state index in [0.717, 1.165) is 51.7 Å². The van der Waals surface area contributed by atoms with Crippen molar-refractivity contribution < 1.29 is 18.7 Å². The molecule has 0 amide bonds. The number of esters is 1. The van der Waals surface area contributed by atoms with Gasteiger partial charge in [-0.25, -0.2) is 4.39 Å². The largest absolute Gasteiger partial charge is 0.466 e. The van der Waals surface area contributed by atoms with E-state index in [1.807, 2.05) is 13.0 Å². The maximum absolute atomic E-state index is 14.7. The average molecular weight is 548 g/mol. The number of likely N-dealkylation sites (tertiary alicyclic amines) is 2. The standard InChI is InChI=1S/C26H35FN2O3S.2ClH/c1-2-32-26(31)20-6-5-13-28(16-20)14-11-19-17-29(15-12-23(19)33)24(25(30)18-9-10-18)21-7-3-4-8-22(21)27;;/h3-4,7-8,11,18,20,23-24,33H,2,5-6,9-10,12-17H2,1H3;2*1H/b19-11+;;. The average Bonchev–Trinajstić information content (AvgIpc) is 3.66. The molecule has 3 atom stereocenters. The number of thiol groups is 1. The topological polar surface area (TPSA) is 49.9 Å². The molecule has 3 aliphatic rings. The minimum absolute atomic E-state index is 0. The Morgan fingerprint density at radius 3 is 2.57 bits per heavy atom. The second kappa shape index (κ2) is 14.0. The van der Waals surface area contributed by atoms with Crippen LogP contribution in [0.5, 0.6) is 0 Å². The smallest absolute Gasteiger partial charge is 0.310 e. The lowest BCUT2D eigenvalue weighted by atomic mass is 9.93. The number of nitrogens with zero attached hydrogens (tertiary/aromatic N) is 2. The second-order valence-corrected chi connectivity index (χ2v) is 10.1. The van der Waals surface area contributed by atoms with Gasteiger partial charge in [0.25, 0.3) is 0 Å². The Morgan fingerprint density at radius 1 is 1.14 bits per heavy atom. The number of halogens is 3. The molecule has 0 N–H and O–H groups in total. The molecule has 0 radical (unpaired) electrons. The molecule has 5 nitrogen and oxygen atoms in total. The minimum Gasteiger partial charge on any atom is -0.466 e. The third-order valence-corrected chi connectivity index (χ3v) is 7.64. The van der Waals surface area contributed by atoms with E-state index in [0.29, 0.717) is 25.3 Å². The van der Waals surface area contributed by atoms with Gasteiger partial charge in [-0.3, -0.25) is 19.4 Å².